The summed E-state index contributed by atoms with van der Waals surface area (Å²) in [5, 5.41) is 4.70. The van der Waals surface area contributed by atoms with Crippen molar-refractivity contribution in [3.63, 3.8) is 0 Å². The van der Waals surface area contributed by atoms with E-state index in [9.17, 15) is 9.59 Å². The predicted octanol–water partition coefficient (Wildman–Crippen LogP) is 1.73. The highest BCUT2D eigenvalue weighted by atomic mass is 16.7. The van der Waals surface area contributed by atoms with E-state index in [1.54, 1.807) is 14.0 Å². The van der Waals surface area contributed by atoms with Gasteiger partial charge in [0.1, 0.15) is 0 Å². The maximum Gasteiger partial charge on any atom is 0.516 e. The normalized spacial score (nSPS) is 11.1. The molecular formula is C15H16N4O4. The Hall–Kier alpha value is -2.90. The zero-order valence-corrected chi connectivity index (χ0v) is 13.3. The van der Waals surface area contributed by atoms with E-state index in [4.69, 9.17) is 4.74 Å². The van der Waals surface area contributed by atoms with Crippen LogP contribution in [0.25, 0.3) is 16.6 Å². The van der Waals surface area contributed by atoms with E-state index in [0.717, 1.165) is 26.5 Å². The Morgan fingerprint density at radius 3 is 2.65 bits per heavy atom. The molecule has 0 bridgehead atoms. The van der Waals surface area contributed by atoms with E-state index in [2.05, 4.69) is 14.8 Å². The fourth-order valence-corrected chi connectivity index (χ4v) is 2.37. The highest BCUT2D eigenvalue weighted by Gasteiger charge is 2.17. The third-order valence-corrected chi connectivity index (χ3v) is 3.71. The summed E-state index contributed by atoms with van der Waals surface area (Å²) in [6.07, 6.45) is -0.906. The molecule has 120 valence electrons. The van der Waals surface area contributed by atoms with Crippen LogP contribution in [0.15, 0.2) is 16.9 Å². The van der Waals surface area contributed by atoms with Crippen LogP contribution in [-0.2, 0) is 11.8 Å². The summed E-state index contributed by atoms with van der Waals surface area (Å²) in [6, 6.07) is 3.64. The number of aryl methyl sites for hydroxylation is 3. The minimum Gasteiger partial charge on any atom is -0.434 e. The molecule has 0 saturated heterocycles. The molecule has 0 aliphatic rings. The minimum absolute atomic E-state index is 0.176. The van der Waals surface area contributed by atoms with Crippen molar-refractivity contribution >= 4 is 22.7 Å². The summed E-state index contributed by atoms with van der Waals surface area (Å²) in [7, 11) is 1.66. The van der Waals surface area contributed by atoms with Gasteiger partial charge in [-0.25, -0.2) is 9.59 Å². The fraction of sp³-hybridized carbons (Fsp3) is 0.333. The van der Waals surface area contributed by atoms with Gasteiger partial charge < -0.3 is 9.47 Å². The van der Waals surface area contributed by atoms with Crippen molar-refractivity contribution in [2.24, 2.45) is 7.05 Å². The van der Waals surface area contributed by atoms with Crippen molar-refractivity contribution in [3.05, 3.63) is 33.7 Å². The van der Waals surface area contributed by atoms with Crippen molar-refractivity contribution in [2.45, 2.75) is 20.8 Å². The number of carbonyl (C=O) groups is 1. The lowest BCUT2D eigenvalue weighted by atomic mass is 10.1. The summed E-state index contributed by atoms with van der Waals surface area (Å²) in [5.74, 6) is 0. The maximum absolute atomic E-state index is 12.4. The van der Waals surface area contributed by atoms with E-state index < -0.39 is 6.16 Å². The van der Waals surface area contributed by atoms with Gasteiger partial charge in [-0.15, -0.1) is 5.10 Å². The molecule has 0 aliphatic carbocycles. The number of rotatable bonds is 2. The molecule has 0 aliphatic heterocycles. The van der Waals surface area contributed by atoms with Crippen LogP contribution < -0.4 is 10.4 Å². The summed E-state index contributed by atoms with van der Waals surface area (Å²) in [5.41, 5.74) is 2.83. The van der Waals surface area contributed by atoms with Crippen molar-refractivity contribution in [3.8, 4) is 6.01 Å². The molecule has 23 heavy (non-hydrogen) atoms. The van der Waals surface area contributed by atoms with Gasteiger partial charge in [0, 0.05) is 12.4 Å². The smallest absolute Gasteiger partial charge is 0.434 e. The summed E-state index contributed by atoms with van der Waals surface area (Å²) >= 11 is 0. The lowest BCUT2D eigenvalue weighted by Gasteiger charge is -2.08. The second kappa shape index (κ2) is 5.38. The average Bonchev–Trinajstić information content (AvgIpc) is 2.91. The standard InChI is InChI=1S/C15H16N4O4/c1-5-22-15(21)23-13-16-12-10-6-8(2)9(3)7-11(10)18(4)14(20)19(12)17-13/h6-7H,5H2,1-4H3. The molecule has 0 amide bonds. The van der Waals surface area contributed by atoms with Gasteiger partial charge in [-0.2, -0.15) is 9.50 Å². The monoisotopic (exact) mass is 316 g/mol. The van der Waals surface area contributed by atoms with Crippen LogP contribution >= 0.6 is 0 Å². The first kappa shape index (κ1) is 15.0. The van der Waals surface area contributed by atoms with Crippen LogP contribution in [0.2, 0.25) is 0 Å². The molecule has 0 radical (unpaired) electrons. The van der Waals surface area contributed by atoms with E-state index in [1.165, 1.54) is 4.57 Å². The van der Waals surface area contributed by atoms with Gasteiger partial charge in [0.05, 0.1) is 12.1 Å². The number of benzene rings is 1. The van der Waals surface area contributed by atoms with Crippen molar-refractivity contribution < 1.29 is 14.3 Å². The Morgan fingerprint density at radius 2 is 1.96 bits per heavy atom. The number of hydrogen-bond acceptors (Lipinski definition) is 6. The molecular weight excluding hydrogens is 300 g/mol. The first-order valence-corrected chi connectivity index (χ1v) is 7.13. The number of carbonyl (C=O) groups excluding carboxylic acids is 1. The molecule has 0 N–H and O–H groups in total. The first-order valence-electron chi connectivity index (χ1n) is 7.13. The third kappa shape index (κ3) is 2.41. The summed E-state index contributed by atoms with van der Waals surface area (Å²) in [4.78, 5) is 28.0. The SMILES string of the molecule is CCOC(=O)Oc1nc2c3cc(C)c(C)cc3n(C)c(=O)n2n1. The fourth-order valence-electron chi connectivity index (χ4n) is 2.37. The largest absolute Gasteiger partial charge is 0.516 e. The Labute approximate surface area is 131 Å². The van der Waals surface area contributed by atoms with Crippen LogP contribution in [0, 0.1) is 13.8 Å². The van der Waals surface area contributed by atoms with E-state index in [0.29, 0.717) is 5.65 Å². The molecule has 3 aromatic rings. The molecule has 2 heterocycles. The number of nitrogens with zero attached hydrogens (tertiary/aromatic N) is 4. The van der Waals surface area contributed by atoms with Crippen molar-refractivity contribution in [2.75, 3.05) is 6.61 Å². The van der Waals surface area contributed by atoms with Crippen LogP contribution in [-0.4, -0.2) is 31.9 Å². The molecule has 0 saturated carbocycles. The molecule has 1 aromatic carbocycles. The molecule has 2 aromatic heterocycles. The van der Waals surface area contributed by atoms with Crippen LogP contribution in [0.1, 0.15) is 18.1 Å². The van der Waals surface area contributed by atoms with Crippen LogP contribution in [0.3, 0.4) is 0 Å². The molecule has 0 spiro atoms. The van der Waals surface area contributed by atoms with Crippen LogP contribution in [0.4, 0.5) is 4.79 Å². The van der Waals surface area contributed by atoms with E-state index >= 15 is 0 Å². The topological polar surface area (TPSA) is 87.7 Å². The van der Waals surface area contributed by atoms with Gasteiger partial charge in [-0.1, -0.05) is 0 Å². The Balaban J connectivity index is 2.27. The van der Waals surface area contributed by atoms with Crippen LogP contribution in [0.5, 0.6) is 6.01 Å². The Bertz CT molecular complexity index is 987. The minimum atomic E-state index is -0.906. The highest BCUT2D eigenvalue weighted by Crippen LogP contribution is 2.22. The number of fused-ring (bicyclic) bond motifs is 3. The van der Waals surface area contributed by atoms with Gasteiger partial charge in [-0.05, 0) is 44.0 Å². The second-order valence-corrected chi connectivity index (χ2v) is 5.21. The van der Waals surface area contributed by atoms with Gasteiger partial charge in [-0.3, -0.25) is 4.57 Å². The number of ether oxygens (including phenoxy) is 2. The molecule has 8 nitrogen and oxygen atoms in total. The average molecular weight is 316 g/mol. The van der Waals surface area contributed by atoms with Gasteiger partial charge in [0.15, 0.2) is 5.65 Å². The van der Waals surface area contributed by atoms with E-state index in [-0.39, 0.29) is 18.3 Å². The quantitative estimate of drug-likeness (QED) is 0.669. The number of hydrogen-bond donors (Lipinski definition) is 0. The Morgan fingerprint density at radius 1 is 1.26 bits per heavy atom. The van der Waals surface area contributed by atoms with Crippen molar-refractivity contribution in [1.82, 2.24) is 19.2 Å². The van der Waals surface area contributed by atoms with Gasteiger partial charge >= 0.3 is 17.9 Å². The summed E-state index contributed by atoms with van der Waals surface area (Å²) < 4.78 is 12.2. The summed E-state index contributed by atoms with van der Waals surface area (Å²) in [6.45, 7) is 5.79. The zero-order chi connectivity index (χ0) is 16.7. The first-order chi connectivity index (χ1) is 10.9. The van der Waals surface area contributed by atoms with Gasteiger partial charge in [0.2, 0.25) is 0 Å². The molecule has 0 unspecified atom stereocenters. The lowest BCUT2D eigenvalue weighted by molar-refractivity contribution is 0.101. The van der Waals surface area contributed by atoms with Crippen molar-refractivity contribution in [1.29, 1.82) is 0 Å². The Kier molecular flexibility index (Phi) is 3.51. The second-order valence-electron chi connectivity index (χ2n) is 5.21. The lowest BCUT2D eigenvalue weighted by Crippen LogP contribution is -2.25. The highest BCUT2D eigenvalue weighted by molar-refractivity contribution is 5.92. The number of aromatic nitrogens is 4. The van der Waals surface area contributed by atoms with Gasteiger partial charge in [0.25, 0.3) is 0 Å². The zero-order valence-electron chi connectivity index (χ0n) is 13.3. The molecule has 0 atom stereocenters. The predicted molar refractivity (Wildman–Crippen MR) is 82.9 cm³/mol. The molecule has 3 rings (SSSR count). The maximum atomic E-state index is 12.4. The third-order valence-electron chi connectivity index (χ3n) is 3.71. The molecule has 0 fully saturated rings. The van der Waals surface area contributed by atoms with E-state index in [1.807, 2.05) is 26.0 Å². The molecule has 8 heteroatoms.